The van der Waals surface area contributed by atoms with Crippen LogP contribution >= 0.6 is 0 Å². The van der Waals surface area contributed by atoms with E-state index in [0.29, 0.717) is 48.6 Å². The van der Waals surface area contributed by atoms with Crippen LogP contribution in [0.1, 0.15) is 18.3 Å². The second kappa shape index (κ2) is 8.05. The van der Waals surface area contributed by atoms with Crippen LogP contribution in [0.5, 0.6) is 0 Å². The third-order valence-corrected chi connectivity index (χ3v) is 6.05. The highest BCUT2D eigenvalue weighted by atomic mass is 19.1. The lowest BCUT2D eigenvalue weighted by Crippen LogP contribution is -2.46. The summed E-state index contributed by atoms with van der Waals surface area (Å²) < 4.78 is 18.0. The van der Waals surface area contributed by atoms with Crippen molar-refractivity contribution in [2.45, 2.75) is 20.0 Å². The van der Waals surface area contributed by atoms with Gasteiger partial charge in [-0.3, -0.25) is 18.7 Å². The first-order valence-corrected chi connectivity index (χ1v) is 10.6. The maximum Gasteiger partial charge on any atom is 0.262 e. The van der Waals surface area contributed by atoms with Crippen LogP contribution < -0.4 is 10.5 Å². The molecule has 0 N–H and O–H groups in total. The highest BCUT2D eigenvalue weighted by Gasteiger charge is 2.22. The molecule has 2 aromatic carbocycles. The molecular weight excluding hydrogens is 409 g/mol. The second-order valence-electron chi connectivity index (χ2n) is 7.86. The van der Waals surface area contributed by atoms with Crippen LogP contribution in [0, 0.1) is 17.1 Å². The largest absolute Gasteiger partial charge is 0.367 e. The average molecular weight is 431 g/mol. The fraction of sp³-hybridized carbons (Fsp3) is 0.304. The summed E-state index contributed by atoms with van der Waals surface area (Å²) in [4.78, 5) is 17.1. The number of aromatic nitrogens is 4. The van der Waals surface area contributed by atoms with Crippen LogP contribution in [0.25, 0.3) is 16.7 Å². The summed E-state index contributed by atoms with van der Waals surface area (Å²) in [6.07, 6.45) is 0. The van der Waals surface area contributed by atoms with Crippen molar-refractivity contribution in [2.75, 3.05) is 31.1 Å². The fourth-order valence-electron chi connectivity index (χ4n) is 4.38. The second-order valence-corrected chi connectivity index (χ2v) is 7.86. The minimum Gasteiger partial charge on any atom is -0.367 e. The van der Waals surface area contributed by atoms with Gasteiger partial charge >= 0.3 is 0 Å². The van der Waals surface area contributed by atoms with E-state index in [1.165, 1.54) is 6.07 Å². The van der Waals surface area contributed by atoms with Crippen LogP contribution in [-0.2, 0) is 13.1 Å². The Bertz CT molecular complexity index is 1410. The van der Waals surface area contributed by atoms with Gasteiger partial charge < -0.3 is 4.90 Å². The van der Waals surface area contributed by atoms with Gasteiger partial charge in [-0.05, 0) is 37.3 Å². The Balaban J connectivity index is 1.40. The van der Waals surface area contributed by atoms with E-state index >= 15 is 0 Å². The number of hydrogen-bond donors (Lipinski definition) is 0. The summed E-state index contributed by atoms with van der Waals surface area (Å²) in [6, 6.07) is 14.1. The Hall–Kier alpha value is -3.77. The smallest absolute Gasteiger partial charge is 0.262 e. The standard InChI is InChI=1S/C23H22FN7O/c1-2-30-22(32)17-5-3-4-6-19(17)31-21(26-27-23(30)31)15-28-9-11-29(12-10-28)20-8-7-16(14-25)13-18(20)24/h3-8,13H,2,9-12,15H2,1H3. The number of hydrogen-bond acceptors (Lipinski definition) is 6. The third kappa shape index (κ3) is 3.29. The first-order valence-electron chi connectivity index (χ1n) is 10.6. The number of para-hydroxylation sites is 1. The van der Waals surface area contributed by atoms with E-state index in [4.69, 9.17) is 5.26 Å². The minimum absolute atomic E-state index is 0.0624. The van der Waals surface area contributed by atoms with E-state index in [-0.39, 0.29) is 11.4 Å². The van der Waals surface area contributed by atoms with E-state index < -0.39 is 0 Å². The zero-order valence-electron chi connectivity index (χ0n) is 17.7. The molecule has 1 aliphatic rings. The quantitative estimate of drug-likeness (QED) is 0.494. The highest BCUT2D eigenvalue weighted by Crippen LogP contribution is 2.23. The first kappa shape index (κ1) is 20.2. The van der Waals surface area contributed by atoms with Crippen molar-refractivity contribution in [3.8, 4) is 6.07 Å². The average Bonchev–Trinajstić information content (AvgIpc) is 3.23. The SMILES string of the molecule is CCn1c(=O)c2ccccc2n2c(CN3CCN(c4ccc(C#N)cc4F)CC3)nnc12. The summed E-state index contributed by atoms with van der Waals surface area (Å²) in [7, 11) is 0. The monoisotopic (exact) mass is 431 g/mol. The van der Waals surface area contributed by atoms with Crippen molar-refractivity contribution in [1.82, 2.24) is 24.1 Å². The van der Waals surface area contributed by atoms with Crippen LogP contribution in [0.4, 0.5) is 10.1 Å². The molecule has 32 heavy (non-hydrogen) atoms. The molecule has 0 radical (unpaired) electrons. The summed E-state index contributed by atoms with van der Waals surface area (Å²) in [6.45, 7) is 5.82. The van der Waals surface area contributed by atoms with Gasteiger partial charge in [0.15, 0.2) is 5.82 Å². The zero-order chi connectivity index (χ0) is 22.2. The van der Waals surface area contributed by atoms with Gasteiger partial charge in [-0.15, -0.1) is 10.2 Å². The van der Waals surface area contributed by atoms with E-state index in [1.54, 1.807) is 16.7 Å². The van der Waals surface area contributed by atoms with E-state index in [1.807, 2.05) is 46.6 Å². The van der Waals surface area contributed by atoms with Crippen LogP contribution in [0.15, 0.2) is 47.3 Å². The number of nitriles is 1. The number of fused-ring (bicyclic) bond motifs is 3. The van der Waals surface area contributed by atoms with Crippen molar-refractivity contribution < 1.29 is 4.39 Å². The molecule has 0 aliphatic carbocycles. The van der Waals surface area contributed by atoms with Crippen molar-refractivity contribution in [3.63, 3.8) is 0 Å². The molecule has 0 spiro atoms. The van der Waals surface area contributed by atoms with Crippen LogP contribution in [0.2, 0.25) is 0 Å². The van der Waals surface area contributed by atoms with Crippen molar-refractivity contribution in [2.24, 2.45) is 0 Å². The lowest BCUT2D eigenvalue weighted by atomic mass is 10.2. The summed E-state index contributed by atoms with van der Waals surface area (Å²) in [5.41, 5.74) is 1.58. The number of halogens is 1. The van der Waals surface area contributed by atoms with Gasteiger partial charge in [0, 0.05) is 32.7 Å². The first-order chi connectivity index (χ1) is 15.6. The maximum absolute atomic E-state index is 14.4. The van der Waals surface area contributed by atoms with Gasteiger partial charge in [0.05, 0.1) is 34.8 Å². The van der Waals surface area contributed by atoms with Crippen molar-refractivity contribution in [3.05, 3.63) is 70.0 Å². The highest BCUT2D eigenvalue weighted by molar-refractivity contribution is 5.80. The molecule has 3 heterocycles. The zero-order valence-corrected chi connectivity index (χ0v) is 17.7. The summed E-state index contributed by atoms with van der Waals surface area (Å²) in [5.74, 6) is 0.950. The molecule has 1 saturated heterocycles. The molecule has 0 saturated carbocycles. The van der Waals surface area contributed by atoms with E-state index in [2.05, 4.69) is 15.1 Å². The molecule has 4 aromatic rings. The number of anilines is 1. The predicted octanol–water partition coefficient (Wildman–Crippen LogP) is 2.40. The van der Waals surface area contributed by atoms with Gasteiger partial charge in [-0.25, -0.2) is 4.39 Å². The number of aryl methyl sites for hydroxylation is 1. The molecule has 9 heteroatoms. The summed E-state index contributed by atoms with van der Waals surface area (Å²) in [5, 5.41) is 18.3. The molecule has 8 nitrogen and oxygen atoms in total. The molecule has 162 valence electrons. The lowest BCUT2D eigenvalue weighted by molar-refractivity contribution is 0.243. The van der Waals surface area contributed by atoms with Gasteiger partial charge in [0.2, 0.25) is 5.78 Å². The Morgan fingerprint density at radius 2 is 1.88 bits per heavy atom. The lowest BCUT2D eigenvalue weighted by Gasteiger charge is -2.35. The number of piperazine rings is 1. The molecule has 2 aromatic heterocycles. The van der Waals surface area contributed by atoms with Gasteiger partial charge in [0.25, 0.3) is 5.56 Å². The van der Waals surface area contributed by atoms with Gasteiger partial charge in [-0.2, -0.15) is 5.26 Å². The molecule has 0 bridgehead atoms. The van der Waals surface area contributed by atoms with E-state index in [0.717, 1.165) is 24.4 Å². The fourth-order valence-corrected chi connectivity index (χ4v) is 4.38. The Kier molecular flexibility index (Phi) is 5.07. The Labute approximate surface area is 183 Å². The molecule has 0 atom stereocenters. The topological polar surface area (TPSA) is 82.5 Å². The molecule has 1 fully saturated rings. The molecule has 1 aliphatic heterocycles. The number of rotatable bonds is 4. The number of nitrogens with zero attached hydrogens (tertiary/aromatic N) is 7. The van der Waals surface area contributed by atoms with Crippen LogP contribution in [-0.4, -0.2) is 50.2 Å². The van der Waals surface area contributed by atoms with Gasteiger partial charge in [-0.1, -0.05) is 12.1 Å². The Morgan fingerprint density at radius 3 is 2.59 bits per heavy atom. The summed E-state index contributed by atoms with van der Waals surface area (Å²) >= 11 is 0. The number of benzene rings is 2. The molecule has 5 rings (SSSR count). The normalized spacial score (nSPS) is 14.8. The van der Waals surface area contributed by atoms with Crippen molar-refractivity contribution >= 4 is 22.4 Å². The minimum atomic E-state index is -0.370. The van der Waals surface area contributed by atoms with E-state index in [9.17, 15) is 9.18 Å². The predicted molar refractivity (Wildman–Crippen MR) is 119 cm³/mol. The third-order valence-electron chi connectivity index (χ3n) is 6.05. The van der Waals surface area contributed by atoms with Crippen LogP contribution in [0.3, 0.4) is 0 Å². The Morgan fingerprint density at radius 1 is 1.09 bits per heavy atom. The molecule has 0 unspecified atom stereocenters. The van der Waals surface area contributed by atoms with Gasteiger partial charge in [0.1, 0.15) is 5.82 Å². The van der Waals surface area contributed by atoms with Crippen molar-refractivity contribution in [1.29, 1.82) is 5.26 Å². The maximum atomic E-state index is 14.4. The molecular formula is C23H22FN7O. The molecule has 0 amide bonds.